The first kappa shape index (κ1) is 18.4. The Morgan fingerprint density at radius 2 is 2.04 bits per heavy atom. The van der Waals surface area contributed by atoms with Crippen LogP contribution in [0.4, 0.5) is 0 Å². The van der Waals surface area contributed by atoms with Gasteiger partial charge in [-0.1, -0.05) is 18.2 Å². The molecule has 6 heteroatoms. The summed E-state index contributed by atoms with van der Waals surface area (Å²) in [4.78, 5) is 4.29. The fraction of sp³-hybridized carbons (Fsp3) is 0.444. The van der Waals surface area contributed by atoms with Crippen molar-refractivity contribution in [2.45, 2.75) is 26.8 Å². The van der Waals surface area contributed by atoms with Gasteiger partial charge in [0.1, 0.15) is 0 Å². The molecule has 0 saturated heterocycles. The van der Waals surface area contributed by atoms with Crippen LogP contribution in [0.3, 0.4) is 0 Å². The van der Waals surface area contributed by atoms with Crippen molar-refractivity contribution in [1.82, 2.24) is 20.4 Å². The highest BCUT2D eigenvalue weighted by molar-refractivity contribution is 7.98. The minimum atomic E-state index is 0.705. The number of hydrogen-bond donors (Lipinski definition) is 2. The van der Waals surface area contributed by atoms with Crippen LogP contribution in [-0.2, 0) is 6.54 Å². The molecular formula is C18H27N5S. The summed E-state index contributed by atoms with van der Waals surface area (Å²) >= 11 is 1.86. The Bertz CT molecular complexity index is 678. The number of nitrogens with zero attached hydrogens (tertiary/aromatic N) is 3. The zero-order valence-electron chi connectivity index (χ0n) is 15.0. The first-order chi connectivity index (χ1) is 11.7. The number of aromatic nitrogens is 2. The maximum atomic E-state index is 4.60. The average molecular weight is 346 g/mol. The molecule has 0 aliphatic heterocycles. The molecule has 0 aliphatic carbocycles. The van der Waals surface area contributed by atoms with Gasteiger partial charge in [0.15, 0.2) is 5.96 Å². The van der Waals surface area contributed by atoms with E-state index >= 15 is 0 Å². The summed E-state index contributed by atoms with van der Waals surface area (Å²) in [6.45, 7) is 5.73. The molecule has 2 rings (SSSR count). The maximum Gasteiger partial charge on any atom is 0.191 e. The highest BCUT2D eigenvalue weighted by Gasteiger charge is 2.09. The highest BCUT2D eigenvalue weighted by atomic mass is 32.2. The predicted octanol–water partition coefficient (Wildman–Crippen LogP) is 2.91. The molecule has 1 aromatic heterocycles. The number of para-hydroxylation sites is 1. The van der Waals surface area contributed by atoms with E-state index in [0.29, 0.717) is 6.54 Å². The zero-order chi connectivity index (χ0) is 17.4. The standard InChI is InChI=1S/C18H27N5S/c1-14-12-15(2)23(22-14)17-9-6-5-8-16(17)13-21-18(19-3)20-10-7-11-24-4/h5-6,8-9,12H,7,10-11,13H2,1-4H3,(H2,19,20,21). The Labute approximate surface area is 148 Å². The number of rotatable bonds is 7. The molecule has 0 saturated carbocycles. The van der Waals surface area contributed by atoms with Gasteiger partial charge in [0.05, 0.1) is 11.4 Å². The van der Waals surface area contributed by atoms with E-state index in [0.717, 1.165) is 41.8 Å². The molecule has 0 atom stereocenters. The average Bonchev–Trinajstić information content (AvgIpc) is 2.93. The minimum Gasteiger partial charge on any atom is -0.356 e. The third kappa shape index (κ3) is 5.03. The summed E-state index contributed by atoms with van der Waals surface area (Å²) in [7, 11) is 1.80. The summed E-state index contributed by atoms with van der Waals surface area (Å²) in [5.74, 6) is 1.99. The van der Waals surface area contributed by atoms with Crippen molar-refractivity contribution in [2.75, 3.05) is 25.6 Å². The largest absolute Gasteiger partial charge is 0.356 e. The van der Waals surface area contributed by atoms with E-state index in [2.05, 4.69) is 58.2 Å². The minimum absolute atomic E-state index is 0.705. The van der Waals surface area contributed by atoms with Crippen molar-refractivity contribution < 1.29 is 0 Å². The summed E-state index contributed by atoms with van der Waals surface area (Å²) in [5.41, 5.74) is 4.46. The summed E-state index contributed by atoms with van der Waals surface area (Å²) in [6, 6.07) is 10.4. The van der Waals surface area contributed by atoms with Crippen LogP contribution in [-0.4, -0.2) is 41.3 Å². The first-order valence-electron chi connectivity index (χ1n) is 8.20. The molecule has 0 aliphatic rings. The fourth-order valence-electron chi connectivity index (χ4n) is 2.56. The topological polar surface area (TPSA) is 54.2 Å². The van der Waals surface area contributed by atoms with Gasteiger partial charge >= 0.3 is 0 Å². The fourth-order valence-corrected chi connectivity index (χ4v) is 3.00. The number of guanidine groups is 1. The van der Waals surface area contributed by atoms with Crippen molar-refractivity contribution in [1.29, 1.82) is 0 Å². The molecule has 0 spiro atoms. The van der Waals surface area contributed by atoms with Crippen LogP contribution < -0.4 is 10.6 Å². The van der Waals surface area contributed by atoms with E-state index in [1.165, 1.54) is 5.56 Å². The predicted molar refractivity (Wildman–Crippen MR) is 104 cm³/mol. The third-order valence-electron chi connectivity index (χ3n) is 3.72. The summed E-state index contributed by atoms with van der Waals surface area (Å²) in [6.07, 6.45) is 3.26. The molecule has 130 valence electrons. The van der Waals surface area contributed by atoms with Crippen molar-refractivity contribution in [2.24, 2.45) is 4.99 Å². The lowest BCUT2D eigenvalue weighted by Crippen LogP contribution is -2.37. The Morgan fingerprint density at radius 3 is 2.71 bits per heavy atom. The number of hydrogen-bond acceptors (Lipinski definition) is 3. The molecule has 1 aromatic carbocycles. The second-order valence-electron chi connectivity index (χ2n) is 5.67. The normalized spacial score (nSPS) is 11.6. The Hall–Kier alpha value is -1.95. The van der Waals surface area contributed by atoms with Gasteiger partial charge < -0.3 is 10.6 Å². The SMILES string of the molecule is CN=C(NCCCSC)NCc1ccccc1-n1nc(C)cc1C. The second kappa shape index (κ2) is 9.37. The van der Waals surface area contributed by atoms with Crippen molar-refractivity contribution >= 4 is 17.7 Å². The third-order valence-corrected chi connectivity index (χ3v) is 4.41. The van der Waals surface area contributed by atoms with Crippen molar-refractivity contribution in [3.05, 3.63) is 47.3 Å². The molecule has 0 amide bonds. The number of thioether (sulfide) groups is 1. The highest BCUT2D eigenvalue weighted by Crippen LogP contribution is 2.16. The molecule has 0 radical (unpaired) electrons. The molecule has 0 unspecified atom stereocenters. The number of nitrogens with one attached hydrogen (secondary N) is 2. The van der Waals surface area contributed by atoms with Crippen molar-refractivity contribution in [3.8, 4) is 5.69 Å². The smallest absolute Gasteiger partial charge is 0.191 e. The maximum absolute atomic E-state index is 4.60. The molecule has 0 bridgehead atoms. The van der Waals surface area contributed by atoms with Gasteiger partial charge in [-0.2, -0.15) is 16.9 Å². The Kier molecular flexibility index (Phi) is 7.18. The molecular weight excluding hydrogens is 318 g/mol. The first-order valence-corrected chi connectivity index (χ1v) is 9.60. The van der Waals surface area contributed by atoms with Gasteiger partial charge in [-0.05, 0) is 50.0 Å². The molecule has 1 heterocycles. The van der Waals surface area contributed by atoms with Gasteiger partial charge in [-0.15, -0.1) is 0 Å². The lowest BCUT2D eigenvalue weighted by Gasteiger charge is -2.15. The van der Waals surface area contributed by atoms with Crippen LogP contribution in [0.1, 0.15) is 23.4 Å². The van der Waals surface area contributed by atoms with E-state index in [9.17, 15) is 0 Å². The lowest BCUT2D eigenvalue weighted by molar-refractivity contribution is 0.770. The van der Waals surface area contributed by atoms with Crippen LogP contribution in [0.5, 0.6) is 0 Å². The van der Waals surface area contributed by atoms with Gasteiger partial charge in [0.25, 0.3) is 0 Å². The monoisotopic (exact) mass is 345 g/mol. The number of aliphatic imine (C=N–C) groups is 1. The summed E-state index contributed by atoms with van der Waals surface area (Å²) < 4.78 is 2.00. The van der Waals surface area contributed by atoms with Crippen LogP contribution in [0.25, 0.3) is 5.69 Å². The molecule has 2 aromatic rings. The number of aryl methyl sites for hydroxylation is 2. The van der Waals surface area contributed by atoms with Crippen LogP contribution in [0.15, 0.2) is 35.3 Å². The van der Waals surface area contributed by atoms with E-state index in [-0.39, 0.29) is 0 Å². The van der Waals surface area contributed by atoms with E-state index in [4.69, 9.17) is 0 Å². The van der Waals surface area contributed by atoms with Gasteiger partial charge in [0, 0.05) is 25.8 Å². The zero-order valence-corrected chi connectivity index (χ0v) is 15.8. The number of benzene rings is 1. The Morgan fingerprint density at radius 1 is 1.25 bits per heavy atom. The lowest BCUT2D eigenvalue weighted by atomic mass is 10.1. The quantitative estimate of drug-likeness (QED) is 0.460. The van der Waals surface area contributed by atoms with E-state index in [1.807, 2.05) is 29.4 Å². The van der Waals surface area contributed by atoms with Crippen LogP contribution in [0.2, 0.25) is 0 Å². The van der Waals surface area contributed by atoms with Gasteiger partial charge in [0.2, 0.25) is 0 Å². The van der Waals surface area contributed by atoms with Gasteiger partial charge in [-0.25, -0.2) is 4.68 Å². The van der Waals surface area contributed by atoms with E-state index in [1.54, 1.807) is 7.05 Å². The second-order valence-corrected chi connectivity index (χ2v) is 6.65. The molecule has 24 heavy (non-hydrogen) atoms. The molecule has 5 nitrogen and oxygen atoms in total. The van der Waals surface area contributed by atoms with E-state index < -0.39 is 0 Å². The van der Waals surface area contributed by atoms with Crippen molar-refractivity contribution in [3.63, 3.8) is 0 Å². The van der Waals surface area contributed by atoms with Crippen LogP contribution >= 0.6 is 11.8 Å². The van der Waals surface area contributed by atoms with Crippen LogP contribution in [0, 0.1) is 13.8 Å². The summed E-state index contributed by atoms with van der Waals surface area (Å²) in [5, 5.41) is 11.3. The Balaban J connectivity index is 2.04. The molecule has 2 N–H and O–H groups in total. The van der Waals surface area contributed by atoms with Gasteiger partial charge in [-0.3, -0.25) is 4.99 Å². The molecule has 0 fully saturated rings.